The zero-order valence-electron chi connectivity index (χ0n) is 10.0. The fraction of sp³-hybridized carbons (Fsp3) is 0.364. The topological polar surface area (TPSA) is 51.1 Å². The Labute approximate surface area is 104 Å². The van der Waals surface area contributed by atoms with E-state index < -0.39 is 0 Å². The Morgan fingerprint density at radius 1 is 1.41 bits per heavy atom. The molecule has 0 atom stereocenters. The fourth-order valence-electron chi connectivity index (χ4n) is 1.62. The van der Waals surface area contributed by atoms with Gasteiger partial charge in [-0.25, -0.2) is 0 Å². The standard InChI is InChI=1S/C11H14N4OS/c1-4-8-7-9(5-6-10(8)16-3)15(2)11-12-13-14-17-11/h5-7H,4H2,1-3H3. The molecule has 0 aliphatic carbocycles. The van der Waals surface area contributed by atoms with Crippen LogP contribution in [0.5, 0.6) is 5.75 Å². The molecule has 1 heterocycles. The van der Waals surface area contributed by atoms with Crippen molar-refractivity contribution >= 4 is 22.4 Å². The number of hydrogen-bond acceptors (Lipinski definition) is 6. The number of nitrogens with zero attached hydrogens (tertiary/aromatic N) is 4. The van der Waals surface area contributed by atoms with E-state index >= 15 is 0 Å². The van der Waals surface area contributed by atoms with Crippen LogP contribution in [0, 0.1) is 0 Å². The number of benzene rings is 1. The Morgan fingerprint density at radius 2 is 2.24 bits per heavy atom. The Kier molecular flexibility index (Phi) is 3.53. The molecule has 2 rings (SSSR count). The molecule has 1 aromatic carbocycles. The lowest BCUT2D eigenvalue weighted by Crippen LogP contribution is -2.09. The molecule has 0 saturated heterocycles. The second-order valence-corrected chi connectivity index (χ2v) is 4.26. The summed E-state index contributed by atoms with van der Waals surface area (Å²) in [6.45, 7) is 2.11. The van der Waals surface area contributed by atoms with Gasteiger partial charge in [0.2, 0.25) is 5.13 Å². The minimum atomic E-state index is 0.775. The molecular formula is C11H14N4OS. The molecule has 90 valence electrons. The SMILES string of the molecule is CCc1cc(N(C)c2nnns2)ccc1OC. The molecule has 0 radical (unpaired) electrons. The van der Waals surface area contributed by atoms with E-state index in [9.17, 15) is 0 Å². The van der Waals surface area contributed by atoms with Gasteiger partial charge in [-0.15, -0.1) is 0 Å². The molecule has 0 amide bonds. The maximum Gasteiger partial charge on any atom is 0.232 e. The minimum Gasteiger partial charge on any atom is -0.496 e. The van der Waals surface area contributed by atoms with Crippen molar-refractivity contribution in [3.05, 3.63) is 23.8 Å². The molecule has 5 nitrogen and oxygen atoms in total. The highest BCUT2D eigenvalue weighted by Crippen LogP contribution is 2.28. The molecule has 17 heavy (non-hydrogen) atoms. The second-order valence-electron chi connectivity index (χ2n) is 3.55. The average Bonchev–Trinajstić information content (AvgIpc) is 2.90. The normalized spacial score (nSPS) is 10.3. The first-order chi connectivity index (χ1) is 8.26. The highest BCUT2D eigenvalue weighted by molar-refractivity contribution is 7.09. The van der Waals surface area contributed by atoms with Gasteiger partial charge in [0.15, 0.2) is 0 Å². The zero-order chi connectivity index (χ0) is 12.3. The van der Waals surface area contributed by atoms with Crippen LogP contribution in [0.25, 0.3) is 0 Å². The number of hydrogen-bond donors (Lipinski definition) is 0. The van der Waals surface area contributed by atoms with Gasteiger partial charge in [0, 0.05) is 24.3 Å². The Bertz CT molecular complexity index is 486. The van der Waals surface area contributed by atoms with Gasteiger partial charge >= 0.3 is 0 Å². The van der Waals surface area contributed by atoms with Crippen molar-refractivity contribution in [3.63, 3.8) is 0 Å². The van der Waals surface area contributed by atoms with E-state index in [1.165, 1.54) is 17.1 Å². The number of aromatic nitrogens is 3. The lowest BCUT2D eigenvalue weighted by molar-refractivity contribution is 0.410. The van der Waals surface area contributed by atoms with Crippen molar-refractivity contribution in [1.29, 1.82) is 0 Å². The summed E-state index contributed by atoms with van der Waals surface area (Å²) < 4.78 is 9.06. The van der Waals surface area contributed by atoms with Gasteiger partial charge in [-0.1, -0.05) is 16.5 Å². The summed E-state index contributed by atoms with van der Waals surface area (Å²) in [4.78, 5) is 1.96. The first-order valence-corrected chi connectivity index (χ1v) is 6.09. The highest BCUT2D eigenvalue weighted by Gasteiger charge is 2.10. The summed E-state index contributed by atoms with van der Waals surface area (Å²) >= 11 is 1.27. The summed E-state index contributed by atoms with van der Waals surface area (Å²) in [6.07, 6.45) is 0.930. The maximum atomic E-state index is 5.31. The predicted molar refractivity (Wildman–Crippen MR) is 68.1 cm³/mol. The van der Waals surface area contributed by atoms with E-state index in [0.717, 1.165) is 23.0 Å². The number of rotatable bonds is 4. The van der Waals surface area contributed by atoms with Crippen molar-refractivity contribution in [2.24, 2.45) is 0 Å². The molecule has 1 aromatic heterocycles. The Balaban J connectivity index is 2.33. The summed E-state index contributed by atoms with van der Waals surface area (Å²) in [5.74, 6) is 0.917. The van der Waals surface area contributed by atoms with E-state index in [1.54, 1.807) is 7.11 Å². The van der Waals surface area contributed by atoms with Crippen molar-refractivity contribution in [2.45, 2.75) is 13.3 Å². The largest absolute Gasteiger partial charge is 0.496 e. The third-order valence-electron chi connectivity index (χ3n) is 2.61. The van der Waals surface area contributed by atoms with Crippen molar-refractivity contribution < 1.29 is 4.74 Å². The van der Waals surface area contributed by atoms with Crippen LogP contribution >= 0.6 is 11.5 Å². The van der Waals surface area contributed by atoms with Gasteiger partial charge in [0.25, 0.3) is 0 Å². The van der Waals surface area contributed by atoms with Crippen LogP contribution in [0.2, 0.25) is 0 Å². The van der Waals surface area contributed by atoms with E-state index in [1.807, 2.05) is 24.1 Å². The third-order valence-corrected chi connectivity index (χ3v) is 3.28. The number of aryl methyl sites for hydroxylation is 1. The van der Waals surface area contributed by atoms with Gasteiger partial charge in [0.1, 0.15) is 5.75 Å². The van der Waals surface area contributed by atoms with Gasteiger partial charge < -0.3 is 9.64 Å². The number of methoxy groups -OCH3 is 1. The maximum absolute atomic E-state index is 5.31. The minimum absolute atomic E-state index is 0.775. The quantitative estimate of drug-likeness (QED) is 0.833. The lowest BCUT2D eigenvalue weighted by atomic mass is 10.1. The van der Waals surface area contributed by atoms with E-state index in [0.29, 0.717) is 0 Å². The number of anilines is 2. The zero-order valence-corrected chi connectivity index (χ0v) is 10.9. The highest BCUT2D eigenvalue weighted by atomic mass is 32.1. The molecule has 0 bridgehead atoms. The molecule has 0 saturated carbocycles. The van der Waals surface area contributed by atoms with Gasteiger partial charge in [0.05, 0.1) is 7.11 Å². The van der Waals surface area contributed by atoms with E-state index in [4.69, 9.17) is 4.74 Å². The smallest absolute Gasteiger partial charge is 0.232 e. The van der Waals surface area contributed by atoms with E-state index in [2.05, 4.69) is 27.8 Å². The van der Waals surface area contributed by atoms with Crippen molar-refractivity contribution in [3.8, 4) is 5.75 Å². The molecule has 0 fully saturated rings. The molecule has 0 N–H and O–H groups in total. The molecule has 0 unspecified atom stereocenters. The first-order valence-electron chi connectivity index (χ1n) is 5.32. The molecular weight excluding hydrogens is 236 g/mol. The molecule has 0 aliphatic heterocycles. The third kappa shape index (κ3) is 2.36. The van der Waals surface area contributed by atoms with Crippen LogP contribution in [-0.2, 0) is 6.42 Å². The van der Waals surface area contributed by atoms with Crippen molar-refractivity contribution in [2.75, 3.05) is 19.1 Å². The monoisotopic (exact) mass is 250 g/mol. The van der Waals surface area contributed by atoms with E-state index in [-0.39, 0.29) is 0 Å². The molecule has 0 aliphatic rings. The van der Waals surface area contributed by atoms with Crippen LogP contribution in [-0.4, -0.2) is 29.0 Å². The van der Waals surface area contributed by atoms with Gasteiger partial charge in [-0.2, -0.15) is 0 Å². The average molecular weight is 250 g/mol. The van der Waals surface area contributed by atoms with Crippen LogP contribution in [0.3, 0.4) is 0 Å². The molecule has 0 spiro atoms. The molecule has 2 aromatic rings. The van der Waals surface area contributed by atoms with Gasteiger partial charge in [-0.05, 0) is 35.4 Å². The van der Waals surface area contributed by atoms with Crippen LogP contribution in [0.15, 0.2) is 18.2 Å². The fourth-order valence-corrected chi connectivity index (χ4v) is 2.07. The first kappa shape index (κ1) is 11.8. The van der Waals surface area contributed by atoms with Crippen LogP contribution in [0.1, 0.15) is 12.5 Å². The predicted octanol–water partition coefficient (Wildman–Crippen LogP) is 2.27. The summed E-state index contributed by atoms with van der Waals surface area (Å²) in [5.41, 5.74) is 2.23. The van der Waals surface area contributed by atoms with Crippen LogP contribution < -0.4 is 9.64 Å². The van der Waals surface area contributed by atoms with Gasteiger partial charge in [-0.3, -0.25) is 0 Å². The van der Waals surface area contributed by atoms with Crippen LogP contribution in [0.4, 0.5) is 10.8 Å². The molecule has 6 heteroatoms. The summed E-state index contributed by atoms with van der Waals surface area (Å²) in [5, 5.41) is 8.32. The summed E-state index contributed by atoms with van der Waals surface area (Å²) in [6, 6.07) is 6.07. The Hall–Kier alpha value is -1.69. The Morgan fingerprint density at radius 3 is 2.82 bits per heavy atom. The second kappa shape index (κ2) is 5.09. The van der Waals surface area contributed by atoms with Crippen molar-refractivity contribution in [1.82, 2.24) is 14.8 Å². The summed E-state index contributed by atoms with van der Waals surface area (Å²) in [7, 11) is 3.63. The lowest BCUT2D eigenvalue weighted by Gasteiger charge is -2.17. The number of ether oxygens (including phenoxy) is 1.